The molecule has 0 fully saturated rings. The fraction of sp³-hybridized carbons (Fsp3) is 0.182. The van der Waals surface area contributed by atoms with Crippen LogP contribution in [0.15, 0.2) is 60.8 Å². The minimum absolute atomic E-state index is 0.412. The largest absolute Gasteiger partial charge is 0.338 e. The summed E-state index contributed by atoms with van der Waals surface area (Å²) in [6.45, 7) is 6.45. The van der Waals surface area contributed by atoms with Crippen LogP contribution in [-0.4, -0.2) is 20.2 Å². The van der Waals surface area contributed by atoms with Crippen molar-refractivity contribution in [2.45, 2.75) is 20.8 Å². The molecule has 0 radical (unpaired) electrons. The molecular formula is C22H22N4. The van der Waals surface area contributed by atoms with Crippen molar-refractivity contribution >= 4 is 16.6 Å². The summed E-state index contributed by atoms with van der Waals surface area (Å²) < 4.78 is 0. The van der Waals surface area contributed by atoms with E-state index in [1.807, 2.05) is 24.4 Å². The molecule has 0 atom stereocenters. The number of fused-ring (bicyclic) bond motifs is 1. The number of hydrogen-bond acceptors (Lipinski definition) is 2. The Morgan fingerprint density at radius 2 is 1.85 bits per heavy atom. The highest BCUT2D eigenvalue weighted by atomic mass is 15.1. The summed E-state index contributed by atoms with van der Waals surface area (Å²) in [5, 5.41) is 7.37. The normalized spacial score (nSPS) is 12.2. The molecule has 130 valence electrons. The van der Waals surface area contributed by atoms with Gasteiger partial charge in [0, 0.05) is 16.7 Å². The summed E-state index contributed by atoms with van der Waals surface area (Å²) in [5.41, 5.74) is 7.54. The second kappa shape index (κ2) is 6.64. The van der Waals surface area contributed by atoms with E-state index in [4.69, 9.17) is 4.98 Å². The number of aromatic nitrogens is 4. The standard InChI is InChI=1S/C22H22N4/c1-14(2)12-18(20-15(3)13-23-26-20)17-10-7-11-19-21(17)25-22(24-19)16-8-5-4-6-9-16/h4-14H,1-3H3,(H,23,26)(H,24,25)/b18-12-. The fourth-order valence-electron chi connectivity index (χ4n) is 3.24. The number of nitrogens with zero attached hydrogens (tertiary/aromatic N) is 2. The number of aryl methyl sites for hydroxylation is 1. The van der Waals surface area contributed by atoms with Gasteiger partial charge >= 0.3 is 0 Å². The third-order valence-corrected chi connectivity index (χ3v) is 4.45. The van der Waals surface area contributed by atoms with Crippen LogP contribution in [0.2, 0.25) is 0 Å². The Bertz CT molecular complexity index is 1070. The summed E-state index contributed by atoms with van der Waals surface area (Å²) in [5.74, 6) is 1.30. The first-order chi connectivity index (χ1) is 12.6. The van der Waals surface area contributed by atoms with Gasteiger partial charge in [-0.15, -0.1) is 0 Å². The molecule has 2 aromatic heterocycles. The van der Waals surface area contributed by atoms with Gasteiger partial charge in [-0.1, -0.05) is 62.4 Å². The third kappa shape index (κ3) is 2.94. The molecule has 0 aliphatic heterocycles. The van der Waals surface area contributed by atoms with Crippen molar-refractivity contribution in [3.8, 4) is 11.4 Å². The van der Waals surface area contributed by atoms with E-state index in [9.17, 15) is 0 Å². The van der Waals surface area contributed by atoms with Crippen LogP contribution in [0, 0.1) is 12.8 Å². The van der Waals surface area contributed by atoms with E-state index >= 15 is 0 Å². The quantitative estimate of drug-likeness (QED) is 0.525. The number of nitrogens with one attached hydrogen (secondary N) is 2. The Labute approximate surface area is 153 Å². The fourth-order valence-corrected chi connectivity index (χ4v) is 3.24. The van der Waals surface area contributed by atoms with Gasteiger partial charge in [0.25, 0.3) is 0 Å². The highest BCUT2D eigenvalue weighted by molar-refractivity contribution is 5.95. The Morgan fingerprint density at radius 1 is 1.04 bits per heavy atom. The van der Waals surface area contributed by atoms with Crippen LogP contribution < -0.4 is 0 Å². The van der Waals surface area contributed by atoms with Gasteiger partial charge in [0.2, 0.25) is 0 Å². The highest BCUT2D eigenvalue weighted by Gasteiger charge is 2.16. The van der Waals surface area contributed by atoms with Crippen LogP contribution >= 0.6 is 0 Å². The number of aromatic amines is 2. The molecule has 26 heavy (non-hydrogen) atoms. The summed E-state index contributed by atoms with van der Waals surface area (Å²) in [7, 11) is 0. The lowest BCUT2D eigenvalue weighted by atomic mass is 9.96. The molecule has 0 amide bonds. The number of imidazole rings is 1. The third-order valence-electron chi connectivity index (χ3n) is 4.45. The highest BCUT2D eigenvalue weighted by Crippen LogP contribution is 2.32. The van der Waals surface area contributed by atoms with Crippen LogP contribution in [0.3, 0.4) is 0 Å². The summed E-state index contributed by atoms with van der Waals surface area (Å²) in [6, 6.07) is 16.5. The lowest BCUT2D eigenvalue weighted by Gasteiger charge is -2.10. The molecule has 2 N–H and O–H groups in total. The number of benzene rings is 2. The zero-order valence-corrected chi connectivity index (χ0v) is 15.2. The van der Waals surface area contributed by atoms with Gasteiger partial charge in [0.05, 0.1) is 22.9 Å². The summed E-state index contributed by atoms with van der Waals surface area (Å²) >= 11 is 0. The second-order valence-electron chi connectivity index (χ2n) is 6.91. The van der Waals surface area contributed by atoms with E-state index in [0.717, 1.165) is 44.8 Å². The molecule has 0 aliphatic rings. The van der Waals surface area contributed by atoms with Crippen molar-refractivity contribution in [2.75, 3.05) is 0 Å². The molecule has 0 saturated heterocycles. The van der Waals surface area contributed by atoms with Crippen LogP contribution in [0.4, 0.5) is 0 Å². The molecule has 4 rings (SSSR count). The van der Waals surface area contributed by atoms with E-state index in [1.54, 1.807) is 0 Å². The van der Waals surface area contributed by atoms with Crippen molar-refractivity contribution in [2.24, 2.45) is 5.92 Å². The number of H-pyrrole nitrogens is 2. The van der Waals surface area contributed by atoms with Crippen LogP contribution in [-0.2, 0) is 0 Å². The first-order valence-corrected chi connectivity index (χ1v) is 8.90. The van der Waals surface area contributed by atoms with E-state index in [1.165, 1.54) is 0 Å². The summed E-state index contributed by atoms with van der Waals surface area (Å²) in [6.07, 6.45) is 4.13. The zero-order valence-electron chi connectivity index (χ0n) is 15.2. The number of allylic oxidation sites excluding steroid dienone is 1. The molecule has 0 unspecified atom stereocenters. The molecule has 2 heterocycles. The maximum absolute atomic E-state index is 4.92. The van der Waals surface area contributed by atoms with E-state index in [-0.39, 0.29) is 0 Å². The first-order valence-electron chi connectivity index (χ1n) is 8.90. The molecule has 0 saturated carbocycles. The predicted octanol–water partition coefficient (Wildman–Crippen LogP) is 5.35. The molecule has 4 nitrogen and oxygen atoms in total. The van der Waals surface area contributed by atoms with Crippen molar-refractivity contribution < 1.29 is 0 Å². The zero-order chi connectivity index (χ0) is 18.1. The van der Waals surface area contributed by atoms with Crippen molar-refractivity contribution in [1.29, 1.82) is 0 Å². The molecule has 4 aromatic rings. The lowest BCUT2D eigenvalue weighted by Crippen LogP contribution is -1.95. The van der Waals surface area contributed by atoms with Crippen molar-refractivity contribution in [3.05, 3.63) is 77.6 Å². The van der Waals surface area contributed by atoms with Gasteiger partial charge in [-0.3, -0.25) is 5.10 Å². The minimum atomic E-state index is 0.412. The van der Waals surface area contributed by atoms with Gasteiger partial charge in [0.15, 0.2) is 0 Å². The van der Waals surface area contributed by atoms with E-state index < -0.39 is 0 Å². The second-order valence-corrected chi connectivity index (χ2v) is 6.91. The maximum Gasteiger partial charge on any atom is 0.138 e. The number of para-hydroxylation sites is 1. The molecule has 0 aliphatic carbocycles. The van der Waals surface area contributed by atoms with E-state index in [2.05, 4.69) is 72.4 Å². The smallest absolute Gasteiger partial charge is 0.138 e. The molecule has 0 bridgehead atoms. The SMILES string of the molecule is Cc1cn[nH]c1/C(=C\C(C)C)c1cccc2[nH]c(-c3ccccc3)nc12. The minimum Gasteiger partial charge on any atom is -0.338 e. The first kappa shape index (κ1) is 16.3. The molecule has 4 heteroatoms. The van der Waals surface area contributed by atoms with Gasteiger partial charge in [-0.25, -0.2) is 4.98 Å². The van der Waals surface area contributed by atoms with Gasteiger partial charge in [0.1, 0.15) is 5.82 Å². The van der Waals surface area contributed by atoms with Crippen LogP contribution in [0.1, 0.15) is 30.7 Å². The van der Waals surface area contributed by atoms with Crippen LogP contribution in [0.25, 0.3) is 28.0 Å². The Balaban J connectivity index is 1.92. The molecule has 0 spiro atoms. The summed E-state index contributed by atoms with van der Waals surface area (Å²) in [4.78, 5) is 8.38. The topological polar surface area (TPSA) is 57.4 Å². The van der Waals surface area contributed by atoms with Gasteiger partial charge < -0.3 is 4.98 Å². The van der Waals surface area contributed by atoms with Crippen molar-refractivity contribution in [3.63, 3.8) is 0 Å². The Kier molecular flexibility index (Phi) is 4.17. The average Bonchev–Trinajstić information content (AvgIpc) is 3.26. The molecular weight excluding hydrogens is 320 g/mol. The van der Waals surface area contributed by atoms with Crippen LogP contribution in [0.5, 0.6) is 0 Å². The Morgan fingerprint density at radius 3 is 2.54 bits per heavy atom. The average molecular weight is 342 g/mol. The number of rotatable bonds is 4. The van der Waals surface area contributed by atoms with E-state index in [0.29, 0.717) is 5.92 Å². The molecule has 2 aromatic carbocycles. The lowest BCUT2D eigenvalue weighted by molar-refractivity contribution is 0.833. The van der Waals surface area contributed by atoms with Gasteiger partial charge in [-0.2, -0.15) is 5.10 Å². The Hall–Kier alpha value is -3.14. The maximum atomic E-state index is 4.92. The monoisotopic (exact) mass is 342 g/mol. The van der Waals surface area contributed by atoms with Gasteiger partial charge in [-0.05, 0) is 24.5 Å². The predicted molar refractivity (Wildman–Crippen MR) is 107 cm³/mol. The van der Waals surface area contributed by atoms with Crippen molar-refractivity contribution in [1.82, 2.24) is 20.2 Å². The number of hydrogen-bond donors (Lipinski definition) is 2.